The molecule has 0 aromatic heterocycles. The van der Waals surface area contributed by atoms with Crippen LogP contribution in [0.15, 0.2) is 48.5 Å². The molecule has 0 radical (unpaired) electrons. The van der Waals surface area contributed by atoms with Crippen molar-refractivity contribution in [3.8, 4) is 0 Å². The monoisotopic (exact) mass is 564 g/mol. The van der Waals surface area contributed by atoms with Gasteiger partial charge in [0.1, 0.15) is 0 Å². The van der Waals surface area contributed by atoms with Gasteiger partial charge in [-0.15, -0.1) is 0 Å². The van der Waals surface area contributed by atoms with E-state index < -0.39 is 35.4 Å². The number of rotatable bonds is 5. The largest absolute Gasteiger partial charge is 0.416 e. The normalized spacial score (nSPS) is 28.7. The topological polar surface area (TPSA) is 32.3 Å². The van der Waals surface area contributed by atoms with Gasteiger partial charge in [-0.1, -0.05) is 50.3 Å². The number of hydrogen-bond acceptors (Lipinski definition) is 2. The lowest BCUT2D eigenvalue weighted by molar-refractivity contribution is -0.143. The van der Waals surface area contributed by atoms with E-state index in [9.17, 15) is 31.1 Å². The number of piperidine rings is 1. The van der Waals surface area contributed by atoms with Crippen LogP contribution in [0.3, 0.4) is 0 Å². The molecule has 1 N–H and O–H groups in total. The maximum absolute atomic E-state index is 13.4. The Morgan fingerprint density at radius 3 is 2.33 bits per heavy atom. The molecule has 2 unspecified atom stereocenters. The summed E-state index contributed by atoms with van der Waals surface area (Å²) in [5.41, 5.74) is -1.02. The fraction of sp³-hybridized carbons (Fsp3) is 0.516. The predicted octanol–water partition coefficient (Wildman–Crippen LogP) is 7.60. The Morgan fingerprint density at radius 2 is 1.70 bits per heavy atom. The van der Waals surface area contributed by atoms with Gasteiger partial charge >= 0.3 is 12.4 Å². The lowest BCUT2D eigenvalue weighted by atomic mass is 9.67. The molecule has 1 saturated carbocycles. The minimum absolute atomic E-state index is 0.0190. The Bertz CT molecular complexity index is 1270. The van der Waals surface area contributed by atoms with Gasteiger partial charge in [-0.05, 0) is 79.5 Å². The first kappa shape index (κ1) is 28.7. The van der Waals surface area contributed by atoms with Crippen LogP contribution < -0.4 is 5.32 Å². The van der Waals surface area contributed by atoms with E-state index in [4.69, 9.17) is 0 Å². The van der Waals surface area contributed by atoms with Gasteiger partial charge in [-0.25, -0.2) is 0 Å². The summed E-state index contributed by atoms with van der Waals surface area (Å²) in [7, 11) is 0. The van der Waals surface area contributed by atoms with Gasteiger partial charge in [0.15, 0.2) is 0 Å². The van der Waals surface area contributed by atoms with Crippen molar-refractivity contribution in [3.05, 3.63) is 76.4 Å². The zero-order valence-electron chi connectivity index (χ0n) is 22.6. The van der Waals surface area contributed by atoms with Crippen LogP contribution in [0.2, 0.25) is 0 Å². The molecule has 3 nitrogen and oxygen atoms in total. The Labute approximate surface area is 230 Å². The fourth-order valence-corrected chi connectivity index (χ4v) is 7.14. The number of likely N-dealkylation sites (tertiary alicyclic amines) is 1. The summed E-state index contributed by atoms with van der Waals surface area (Å²) in [5.74, 6) is 0.0768. The summed E-state index contributed by atoms with van der Waals surface area (Å²) >= 11 is 0. The third kappa shape index (κ3) is 5.17. The molecule has 40 heavy (non-hydrogen) atoms. The van der Waals surface area contributed by atoms with Crippen LogP contribution in [-0.4, -0.2) is 29.9 Å². The molecular weight excluding hydrogens is 530 g/mol. The van der Waals surface area contributed by atoms with Crippen molar-refractivity contribution in [2.75, 3.05) is 13.1 Å². The Balaban J connectivity index is 1.25. The van der Waals surface area contributed by atoms with Crippen LogP contribution in [0.1, 0.15) is 73.8 Å². The van der Waals surface area contributed by atoms with E-state index in [1.807, 2.05) is 6.92 Å². The SMILES string of the molecule is CCC1(C(=O)NCc2cc(C(F)(F)F)cc(C(F)(F)F)c2)CCC(N2CC[C@@]3(C=Cc4ccccc43)[C@@H](C)C2)C1. The second kappa shape index (κ2) is 10.2. The van der Waals surface area contributed by atoms with Crippen molar-refractivity contribution in [3.63, 3.8) is 0 Å². The number of benzene rings is 2. The van der Waals surface area contributed by atoms with E-state index in [-0.39, 0.29) is 29.0 Å². The number of allylic oxidation sites excluding steroid dienone is 1. The van der Waals surface area contributed by atoms with E-state index in [2.05, 4.69) is 53.6 Å². The molecule has 1 saturated heterocycles. The summed E-state index contributed by atoms with van der Waals surface area (Å²) in [4.78, 5) is 15.9. The second-order valence-corrected chi connectivity index (χ2v) is 11.7. The Morgan fingerprint density at radius 1 is 1.02 bits per heavy atom. The Hall–Kier alpha value is -2.81. The number of nitrogens with zero attached hydrogens (tertiary/aromatic N) is 1. The van der Waals surface area contributed by atoms with Crippen molar-refractivity contribution in [1.29, 1.82) is 0 Å². The number of nitrogens with one attached hydrogen (secondary N) is 1. The zero-order chi connectivity index (χ0) is 28.9. The molecule has 1 aliphatic heterocycles. The van der Waals surface area contributed by atoms with E-state index in [0.717, 1.165) is 25.9 Å². The van der Waals surface area contributed by atoms with E-state index in [1.54, 1.807) is 0 Å². The first-order valence-electron chi connectivity index (χ1n) is 13.9. The van der Waals surface area contributed by atoms with Gasteiger partial charge in [-0.2, -0.15) is 26.3 Å². The first-order chi connectivity index (χ1) is 18.8. The van der Waals surface area contributed by atoms with Crippen LogP contribution >= 0.6 is 0 Å². The maximum Gasteiger partial charge on any atom is 0.416 e. The molecular formula is C31H34F6N2O. The van der Waals surface area contributed by atoms with Gasteiger partial charge in [0.2, 0.25) is 5.91 Å². The summed E-state index contributed by atoms with van der Waals surface area (Å²) in [5, 5.41) is 2.67. The van der Waals surface area contributed by atoms with Gasteiger partial charge in [0.05, 0.1) is 16.5 Å². The zero-order valence-corrected chi connectivity index (χ0v) is 22.6. The lowest BCUT2D eigenvalue weighted by Gasteiger charge is -2.46. The van der Waals surface area contributed by atoms with Crippen molar-refractivity contribution < 1.29 is 31.1 Å². The highest BCUT2D eigenvalue weighted by atomic mass is 19.4. The van der Waals surface area contributed by atoms with Crippen LogP contribution in [0.5, 0.6) is 0 Å². The minimum Gasteiger partial charge on any atom is -0.352 e. The quantitative estimate of drug-likeness (QED) is 0.380. The molecule has 216 valence electrons. The van der Waals surface area contributed by atoms with Crippen molar-refractivity contribution in [2.45, 2.75) is 76.3 Å². The number of carbonyl (C=O) groups excluding carboxylic acids is 1. The highest BCUT2D eigenvalue weighted by molar-refractivity contribution is 5.83. The van der Waals surface area contributed by atoms with Gasteiger partial charge < -0.3 is 5.32 Å². The first-order valence-corrected chi connectivity index (χ1v) is 13.9. The third-order valence-corrected chi connectivity index (χ3v) is 9.58. The molecule has 4 atom stereocenters. The van der Waals surface area contributed by atoms with Crippen LogP contribution in [0, 0.1) is 11.3 Å². The number of alkyl halides is 6. The highest BCUT2D eigenvalue weighted by Crippen LogP contribution is 2.50. The van der Waals surface area contributed by atoms with Crippen LogP contribution in [-0.2, 0) is 29.1 Å². The number of amides is 1. The van der Waals surface area contributed by atoms with Crippen LogP contribution in [0.4, 0.5) is 26.3 Å². The summed E-state index contributed by atoms with van der Waals surface area (Å²) in [6.07, 6.45) is -1.67. The van der Waals surface area contributed by atoms with E-state index in [1.165, 1.54) is 11.1 Å². The third-order valence-electron chi connectivity index (χ3n) is 9.58. The molecule has 9 heteroatoms. The minimum atomic E-state index is -4.93. The van der Waals surface area contributed by atoms with Gasteiger partial charge in [-0.3, -0.25) is 9.69 Å². The standard InChI is InChI=1S/C31H34F6N2O/c1-3-28(27(40)38-18-21-14-23(30(32,33)34)16-24(15-21)31(35,36)37)10-9-25(17-28)39-13-12-29(20(2)19-39)11-8-22-6-4-5-7-26(22)29/h4-8,11,14-16,20,25H,3,9-10,12-13,17-19H2,1-2H3,(H,38,40)/t20-,25?,28?,29-/m0/s1. The fourth-order valence-electron chi connectivity index (χ4n) is 7.14. The molecule has 2 aromatic rings. The molecule has 1 spiro atoms. The average Bonchev–Trinajstić information content (AvgIpc) is 3.52. The number of halogens is 6. The van der Waals surface area contributed by atoms with E-state index in [0.29, 0.717) is 37.3 Å². The molecule has 2 aromatic carbocycles. The summed E-state index contributed by atoms with van der Waals surface area (Å²) in [6, 6.07) is 10.2. The predicted molar refractivity (Wildman–Crippen MR) is 141 cm³/mol. The number of carbonyl (C=O) groups is 1. The summed E-state index contributed by atoms with van der Waals surface area (Å²) in [6.45, 7) is 5.60. The second-order valence-electron chi connectivity index (χ2n) is 11.7. The smallest absolute Gasteiger partial charge is 0.352 e. The van der Waals surface area contributed by atoms with Crippen molar-refractivity contribution in [1.82, 2.24) is 10.2 Å². The van der Waals surface area contributed by atoms with Gasteiger partial charge in [0.25, 0.3) is 0 Å². The molecule has 1 heterocycles. The maximum atomic E-state index is 13.4. The highest BCUT2D eigenvalue weighted by Gasteiger charge is 2.49. The van der Waals surface area contributed by atoms with Crippen molar-refractivity contribution in [2.24, 2.45) is 11.3 Å². The van der Waals surface area contributed by atoms with Crippen molar-refractivity contribution >= 4 is 12.0 Å². The Kier molecular flexibility index (Phi) is 7.34. The summed E-state index contributed by atoms with van der Waals surface area (Å²) < 4.78 is 79.5. The molecule has 2 aliphatic carbocycles. The number of fused-ring (bicyclic) bond motifs is 2. The average molecular weight is 565 g/mol. The number of hydrogen-bond donors (Lipinski definition) is 1. The lowest BCUT2D eigenvalue weighted by Crippen LogP contribution is -2.51. The molecule has 5 rings (SSSR count). The molecule has 2 fully saturated rings. The molecule has 3 aliphatic rings. The molecule has 0 bridgehead atoms. The van der Waals surface area contributed by atoms with E-state index >= 15 is 0 Å². The molecule has 1 amide bonds. The van der Waals surface area contributed by atoms with Crippen LogP contribution in [0.25, 0.3) is 6.08 Å². The van der Waals surface area contributed by atoms with Gasteiger partial charge in [0, 0.05) is 24.5 Å².